The van der Waals surface area contributed by atoms with Crippen molar-refractivity contribution in [3.63, 3.8) is 0 Å². The number of hydrogen-bond acceptors (Lipinski definition) is 3. The molecule has 0 bridgehead atoms. The van der Waals surface area contributed by atoms with Gasteiger partial charge in [0.15, 0.2) is 0 Å². The van der Waals surface area contributed by atoms with Gasteiger partial charge in [0.1, 0.15) is 5.82 Å². The Morgan fingerprint density at radius 2 is 2.10 bits per heavy atom. The van der Waals surface area contributed by atoms with Crippen LogP contribution in [0.1, 0.15) is 45.1 Å². The normalized spacial score (nSPS) is 18.6. The Kier molecular flexibility index (Phi) is 4.18. The average Bonchev–Trinajstić information content (AvgIpc) is 3.26. The fourth-order valence-electron chi connectivity index (χ4n) is 2.47. The van der Waals surface area contributed by atoms with Crippen LogP contribution in [0.15, 0.2) is 12.3 Å². The summed E-state index contributed by atoms with van der Waals surface area (Å²) < 4.78 is 0. The van der Waals surface area contributed by atoms with Gasteiger partial charge >= 0.3 is 0 Å². The first-order chi connectivity index (χ1) is 9.63. The first-order valence-electron chi connectivity index (χ1n) is 7.78. The first-order valence-corrected chi connectivity index (χ1v) is 8.15. The van der Waals surface area contributed by atoms with Crippen molar-refractivity contribution in [2.75, 3.05) is 11.4 Å². The molecule has 1 aromatic rings. The summed E-state index contributed by atoms with van der Waals surface area (Å²) in [6, 6.07) is 3.36. The molecule has 0 aliphatic heterocycles. The van der Waals surface area contributed by atoms with Gasteiger partial charge in [-0.3, -0.25) is 0 Å². The maximum Gasteiger partial charge on any atom is 0.129 e. The van der Waals surface area contributed by atoms with E-state index in [9.17, 15) is 0 Å². The van der Waals surface area contributed by atoms with Crippen molar-refractivity contribution in [2.24, 2.45) is 5.92 Å². The molecular weight excluding hydrogens is 270 g/mol. The largest absolute Gasteiger partial charge is 0.353 e. The minimum Gasteiger partial charge on any atom is -0.353 e. The van der Waals surface area contributed by atoms with Crippen molar-refractivity contribution in [2.45, 2.75) is 58.2 Å². The van der Waals surface area contributed by atoms with Crippen LogP contribution < -0.4 is 10.2 Å². The van der Waals surface area contributed by atoms with Crippen molar-refractivity contribution in [1.29, 1.82) is 0 Å². The monoisotopic (exact) mass is 293 g/mol. The highest BCUT2D eigenvalue weighted by atomic mass is 35.5. The Labute approximate surface area is 126 Å². The molecule has 0 radical (unpaired) electrons. The topological polar surface area (TPSA) is 28.2 Å². The van der Waals surface area contributed by atoms with E-state index in [4.69, 9.17) is 11.6 Å². The van der Waals surface area contributed by atoms with Crippen LogP contribution in [0, 0.1) is 5.92 Å². The van der Waals surface area contributed by atoms with Gasteiger partial charge in [0.25, 0.3) is 0 Å². The van der Waals surface area contributed by atoms with Crippen LogP contribution in [0.25, 0.3) is 0 Å². The Bertz CT molecular complexity index is 467. The summed E-state index contributed by atoms with van der Waals surface area (Å²) in [4.78, 5) is 7.08. The zero-order valence-corrected chi connectivity index (χ0v) is 13.2. The van der Waals surface area contributed by atoms with Crippen LogP contribution in [-0.2, 0) is 6.54 Å². The van der Waals surface area contributed by atoms with Gasteiger partial charge < -0.3 is 10.2 Å². The molecule has 0 atom stereocenters. The highest BCUT2D eigenvalue weighted by Gasteiger charge is 2.34. The molecule has 0 unspecified atom stereocenters. The molecule has 1 heterocycles. The standard InChI is InChI=1S/C16H24ClN3/c1-11(2)18-8-13-7-16(19-9-15(13)17)20(14-5-6-14)10-12-3-4-12/h7,9,11-12,14,18H,3-6,8,10H2,1-2H3. The minimum absolute atomic E-state index is 0.466. The SMILES string of the molecule is CC(C)NCc1cc(N(CC2CC2)C2CC2)ncc1Cl. The summed E-state index contributed by atoms with van der Waals surface area (Å²) in [6.45, 7) is 6.30. The van der Waals surface area contributed by atoms with Crippen LogP contribution in [-0.4, -0.2) is 23.6 Å². The molecule has 4 heteroatoms. The second-order valence-electron chi connectivity index (χ2n) is 6.50. The van der Waals surface area contributed by atoms with Crippen LogP contribution in [0.5, 0.6) is 0 Å². The van der Waals surface area contributed by atoms with Gasteiger partial charge in [0.05, 0.1) is 5.02 Å². The van der Waals surface area contributed by atoms with Gasteiger partial charge in [-0.15, -0.1) is 0 Å². The number of nitrogens with one attached hydrogen (secondary N) is 1. The number of rotatable bonds is 7. The third-order valence-corrected chi connectivity index (χ3v) is 4.40. The highest BCUT2D eigenvalue weighted by molar-refractivity contribution is 6.31. The van der Waals surface area contributed by atoms with Crippen LogP contribution >= 0.6 is 11.6 Å². The zero-order chi connectivity index (χ0) is 14.1. The fourth-order valence-corrected chi connectivity index (χ4v) is 2.64. The third kappa shape index (κ3) is 3.64. The van der Waals surface area contributed by atoms with E-state index in [1.807, 2.05) is 6.20 Å². The minimum atomic E-state index is 0.466. The summed E-state index contributed by atoms with van der Waals surface area (Å²) in [5.74, 6) is 2.01. The smallest absolute Gasteiger partial charge is 0.129 e. The lowest BCUT2D eigenvalue weighted by molar-refractivity contribution is 0.588. The lowest BCUT2D eigenvalue weighted by atomic mass is 10.2. The van der Waals surface area contributed by atoms with Crippen molar-refractivity contribution in [1.82, 2.24) is 10.3 Å². The van der Waals surface area contributed by atoms with Gasteiger partial charge in [0.2, 0.25) is 0 Å². The quantitative estimate of drug-likeness (QED) is 0.832. The number of halogens is 1. The number of anilines is 1. The molecule has 110 valence electrons. The van der Waals surface area contributed by atoms with E-state index in [2.05, 4.69) is 35.1 Å². The van der Waals surface area contributed by atoms with E-state index in [-0.39, 0.29) is 0 Å². The van der Waals surface area contributed by atoms with Crippen molar-refractivity contribution < 1.29 is 0 Å². The van der Waals surface area contributed by atoms with Crippen molar-refractivity contribution >= 4 is 17.4 Å². The molecule has 2 aliphatic carbocycles. The van der Waals surface area contributed by atoms with Gasteiger partial charge in [-0.05, 0) is 43.2 Å². The van der Waals surface area contributed by atoms with E-state index in [0.29, 0.717) is 6.04 Å². The van der Waals surface area contributed by atoms with Gasteiger partial charge in [-0.1, -0.05) is 25.4 Å². The van der Waals surface area contributed by atoms with E-state index < -0.39 is 0 Å². The lowest BCUT2D eigenvalue weighted by Crippen LogP contribution is -2.29. The van der Waals surface area contributed by atoms with Crippen molar-refractivity contribution in [3.05, 3.63) is 22.8 Å². The van der Waals surface area contributed by atoms with E-state index >= 15 is 0 Å². The Morgan fingerprint density at radius 3 is 2.70 bits per heavy atom. The number of nitrogens with zero attached hydrogens (tertiary/aromatic N) is 2. The molecule has 1 N–H and O–H groups in total. The third-order valence-electron chi connectivity index (χ3n) is 4.05. The lowest BCUT2D eigenvalue weighted by Gasteiger charge is -2.24. The molecule has 20 heavy (non-hydrogen) atoms. The molecule has 3 nitrogen and oxygen atoms in total. The second-order valence-corrected chi connectivity index (χ2v) is 6.90. The zero-order valence-electron chi connectivity index (χ0n) is 12.4. The number of pyridine rings is 1. The molecule has 2 fully saturated rings. The second kappa shape index (κ2) is 5.90. The Balaban J connectivity index is 1.75. The van der Waals surface area contributed by atoms with E-state index in [1.165, 1.54) is 32.2 Å². The summed E-state index contributed by atoms with van der Waals surface area (Å²) >= 11 is 6.28. The molecular formula is C16H24ClN3. The highest BCUT2D eigenvalue weighted by Crippen LogP contribution is 2.37. The molecule has 0 saturated heterocycles. The Morgan fingerprint density at radius 1 is 1.35 bits per heavy atom. The molecule has 2 saturated carbocycles. The summed E-state index contributed by atoms with van der Waals surface area (Å²) in [7, 11) is 0. The Hall–Kier alpha value is -0.800. The molecule has 0 spiro atoms. The predicted octanol–water partition coefficient (Wildman–Crippen LogP) is 3.61. The van der Waals surface area contributed by atoms with Gasteiger partial charge in [-0.2, -0.15) is 0 Å². The van der Waals surface area contributed by atoms with Crippen molar-refractivity contribution in [3.8, 4) is 0 Å². The van der Waals surface area contributed by atoms with E-state index in [0.717, 1.165) is 34.9 Å². The summed E-state index contributed by atoms with van der Waals surface area (Å²) in [6.07, 6.45) is 7.22. The molecule has 3 rings (SSSR count). The number of hydrogen-bond donors (Lipinski definition) is 1. The van der Waals surface area contributed by atoms with Crippen LogP contribution in [0.2, 0.25) is 5.02 Å². The fraction of sp³-hybridized carbons (Fsp3) is 0.688. The van der Waals surface area contributed by atoms with Gasteiger partial charge in [0, 0.05) is 31.4 Å². The predicted molar refractivity (Wildman–Crippen MR) is 84.3 cm³/mol. The molecule has 2 aliphatic rings. The maximum absolute atomic E-state index is 6.28. The molecule has 1 aromatic heterocycles. The molecule has 0 amide bonds. The molecule has 0 aromatic carbocycles. The van der Waals surface area contributed by atoms with Gasteiger partial charge in [-0.25, -0.2) is 4.98 Å². The first kappa shape index (κ1) is 14.2. The maximum atomic E-state index is 6.28. The summed E-state index contributed by atoms with van der Waals surface area (Å²) in [5, 5.41) is 4.20. The van der Waals surface area contributed by atoms with Crippen LogP contribution in [0.3, 0.4) is 0 Å². The summed E-state index contributed by atoms with van der Waals surface area (Å²) in [5.41, 5.74) is 1.16. The van der Waals surface area contributed by atoms with Crippen LogP contribution in [0.4, 0.5) is 5.82 Å². The average molecular weight is 294 g/mol. The number of aromatic nitrogens is 1. The van der Waals surface area contributed by atoms with E-state index in [1.54, 1.807) is 0 Å².